The summed E-state index contributed by atoms with van der Waals surface area (Å²) < 4.78 is 60.0. The van der Waals surface area contributed by atoms with Crippen LogP contribution in [-0.2, 0) is 24.8 Å². The number of nitrogens with one attached hydrogen (secondary N) is 3. The Kier molecular flexibility index (Phi) is 13.0. The topological polar surface area (TPSA) is 192 Å². The number of amides is 1. The van der Waals surface area contributed by atoms with Crippen molar-refractivity contribution in [2.45, 2.75) is 29.7 Å². The van der Waals surface area contributed by atoms with Crippen LogP contribution in [0, 0.1) is 6.92 Å². The number of hydrogen-bond acceptors (Lipinski definition) is 15. The molecule has 7 rings (SSSR count). The number of pyridine rings is 2. The molecular formula is C34H39ClN10O6S4. The van der Waals surface area contributed by atoms with E-state index in [-0.39, 0.29) is 15.7 Å². The fourth-order valence-electron chi connectivity index (χ4n) is 5.63. The normalized spacial score (nSPS) is 15.4. The molecule has 0 spiro atoms. The number of halogens is 1. The Balaban J connectivity index is 0.000000209. The van der Waals surface area contributed by atoms with Crippen LogP contribution < -0.4 is 29.3 Å². The van der Waals surface area contributed by atoms with E-state index in [0.717, 1.165) is 37.6 Å². The zero-order valence-corrected chi connectivity index (χ0v) is 33.9. The number of thiazole rings is 2. The van der Waals surface area contributed by atoms with Gasteiger partial charge in [-0.15, -0.1) is 22.7 Å². The smallest absolute Gasteiger partial charge is 0.265 e. The molecule has 0 saturated carbocycles. The Hall–Kier alpha value is -4.60. The van der Waals surface area contributed by atoms with Gasteiger partial charge in [0.1, 0.15) is 27.2 Å². The van der Waals surface area contributed by atoms with Gasteiger partial charge in [-0.3, -0.25) is 14.2 Å². The maximum Gasteiger partial charge on any atom is 0.265 e. The first-order valence-corrected chi connectivity index (χ1v) is 22.2. The van der Waals surface area contributed by atoms with Gasteiger partial charge in [0.05, 0.1) is 0 Å². The minimum absolute atomic E-state index is 0.0590. The minimum Gasteiger partial charge on any atom is -0.481 e. The number of piperazine rings is 2. The van der Waals surface area contributed by atoms with Crippen molar-refractivity contribution in [1.82, 2.24) is 30.2 Å². The monoisotopic (exact) mass is 846 g/mol. The number of sulfonamides is 2. The Morgan fingerprint density at radius 2 is 1.31 bits per heavy atom. The van der Waals surface area contributed by atoms with E-state index in [1.807, 2.05) is 11.8 Å². The highest BCUT2D eigenvalue weighted by atomic mass is 35.5. The fourth-order valence-corrected chi connectivity index (χ4v) is 9.32. The Morgan fingerprint density at radius 1 is 0.782 bits per heavy atom. The van der Waals surface area contributed by atoms with Crippen molar-refractivity contribution in [3.8, 4) is 5.75 Å². The summed E-state index contributed by atoms with van der Waals surface area (Å²) in [4.78, 5) is 35.4. The number of rotatable bonds is 11. The van der Waals surface area contributed by atoms with Crippen molar-refractivity contribution in [3.63, 3.8) is 0 Å². The van der Waals surface area contributed by atoms with E-state index in [9.17, 15) is 21.6 Å². The van der Waals surface area contributed by atoms with Gasteiger partial charge in [0.2, 0.25) is 0 Å². The van der Waals surface area contributed by atoms with Gasteiger partial charge in [0.15, 0.2) is 16.4 Å². The predicted molar refractivity (Wildman–Crippen MR) is 214 cm³/mol. The van der Waals surface area contributed by atoms with Crippen molar-refractivity contribution in [2.75, 3.05) is 71.6 Å². The average Bonchev–Trinajstić information content (AvgIpc) is 3.91. The molecule has 2 aliphatic heterocycles. The standard InChI is InChI=1S/C22H24ClN5O4S2.C12H15N5O2S2/c1-15-13-17(23)3-5-19(15)32-16(2)21(29)28-10-8-27(9-11-28)20-6-4-18(14-25-20)34(30,31)26-22-24-7-12-33-22;18-21(19,16-12-14-5-8-20-12)10-1-2-11(15-9-10)17-6-3-13-4-7-17/h3-7,12-14,16H,8-11H2,1-2H3,(H,24,26);1-2,5,8-9,13H,3-4,6-7H2,(H,14,16)/t16-;/m1./s1. The van der Waals surface area contributed by atoms with Crippen LogP contribution in [0.3, 0.4) is 0 Å². The number of benzene rings is 1. The first kappa shape index (κ1) is 40.1. The van der Waals surface area contributed by atoms with Crippen molar-refractivity contribution < 1.29 is 26.4 Å². The summed E-state index contributed by atoms with van der Waals surface area (Å²) >= 11 is 8.42. The molecule has 0 unspecified atom stereocenters. The van der Waals surface area contributed by atoms with Crippen LogP contribution >= 0.6 is 34.3 Å². The molecule has 1 amide bonds. The molecule has 21 heteroatoms. The SMILES string of the molecule is Cc1cc(Cl)ccc1O[C@H](C)C(=O)N1CCN(c2ccc(S(=O)(=O)Nc3nccs3)cn2)CC1.O=S(=O)(Nc1nccs1)c1ccc(N2CCNCC2)nc1. The number of carbonyl (C=O) groups is 1. The predicted octanol–water partition coefficient (Wildman–Crippen LogP) is 4.17. The zero-order chi connectivity index (χ0) is 39.0. The van der Waals surface area contributed by atoms with Gasteiger partial charge in [-0.05, 0) is 61.9 Å². The maximum absolute atomic E-state index is 12.9. The largest absolute Gasteiger partial charge is 0.481 e. The number of anilines is 4. The van der Waals surface area contributed by atoms with E-state index in [2.05, 4.69) is 39.6 Å². The lowest BCUT2D eigenvalue weighted by Crippen LogP contribution is -2.52. The van der Waals surface area contributed by atoms with Crippen LogP contribution in [-0.4, -0.2) is 106 Å². The van der Waals surface area contributed by atoms with Crippen molar-refractivity contribution in [2.24, 2.45) is 0 Å². The highest BCUT2D eigenvalue weighted by Crippen LogP contribution is 2.25. The van der Waals surface area contributed by atoms with Gasteiger partial charge < -0.3 is 24.8 Å². The molecule has 2 saturated heterocycles. The van der Waals surface area contributed by atoms with Gasteiger partial charge in [-0.1, -0.05) is 11.6 Å². The van der Waals surface area contributed by atoms with Crippen molar-refractivity contribution in [1.29, 1.82) is 0 Å². The third kappa shape index (κ3) is 10.6. The lowest BCUT2D eigenvalue weighted by Gasteiger charge is -2.36. The van der Waals surface area contributed by atoms with Crippen molar-refractivity contribution in [3.05, 3.63) is 88.6 Å². The second-order valence-electron chi connectivity index (χ2n) is 12.3. The van der Waals surface area contributed by atoms with E-state index in [4.69, 9.17) is 16.3 Å². The van der Waals surface area contributed by atoms with E-state index in [0.29, 0.717) is 53.0 Å². The fraction of sp³-hybridized carbons (Fsp3) is 0.324. The first-order chi connectivity index (χ1) is 26.4. The van der Waals surface area contributed by atoms with Crippen molar-refractivity contribution >= 4 is 82.1 Å². The van der Waals surface area contributed by atoms with E-state index >= 15 is 0 Å². The first-order valence-electron chi connectivity index (χ1n) is 17.1. The lowest BCUT2D eigenvalue weighted by molar-refractivity contribution is -0.138. The summed E-state index contributed by atoms with van der Waals surface area (Å²) in [6, 6.07) is 11.8. The Bertz CT molecular complexity index is 2230. The van der Waals surface area contributed by atoms with Gasteiger partial charge in [-0.25, -0.2) is 36.8 Å². The summed E-state index contributed by atoms with van der Waals surface area (Å²) in [6.07, 6.45) is 5.16. The number of aromatic nitrogens is 4. The molecule has 0 bridgehead atoms. The molecule has 3 N–H and O–H groups in total. The van der Waals surface area contributed by atoms with Crippen LogP contribution in [0.15, 0.2) is 87.8 Å². The van der Waals surface area contributed by atoms with E-state index in [1.54, 1.807) is 65.2 Å². The summed E-state index contributed by atoms with van der Waals surface area (Å²) in [5, 5.41) is 7.93. The molecule has 2 aliphatic rings. The molecule has 5 aromatic rings. The third-order valence-electron chi connectivity index (χ3n) is 8.51. The van der Waals surface area contributed by atoms with Crippen LogP contribution in [0.25, 0.3) is 0 Å². The molecule has 16 nitrogen and oxygen atoms in total. The average molecular weight is 847 g/mol. The number of ether oxygens (including phenoxy) is 1. The zero-order valence-electron chi connectivity index (χ0n) is 29.8. The molecule has 4 aromatic heterocycles. The van der Waals surface area contributed by atoms with Gasteiger partial charge in [0, 0.05) is 92.9 Å². The van der Waals surface area contributed by atoms with Crippen LogP contribution in [0.1, 0.15) is 12.5 Å². The molecule has 55 heavy (non-hydrogen) atoms. The number of nitrogens with zero attached hydrogens (tertiary/aromatic N) is 7. The molecule has 6 heterocycles. The Morgan fingerprint density at radius 3 is 1.76 bits per heavy atom. The molecule has 1 aromatic carbocycles. The summed E-state index contributed by atoms with van der Waals surface area (Å²) in [6.45, 7) is 9.37. The molecule has 0 aliphatic carbocycles. The number of carbonyl (C=O) groups excluding carboxylic acids is 1. The second kappa shape index (κ2) is 17.9. The highest BCUT2D eigenvalue weighted by Gasteiger charge is 2.27. The van der Waals surface area contributed by atoms with Crippen LogP contribution in [0.4, 0.5) is 21.9 Å². The third-order valence-corrected chi connectivity index (χ3v) is 13.0. The Labute approximate surface area is 332 Å². The lowest BCUT2D eigenvalue weighted by atomic mass is 10.2. The summed E-state index contributed by atoms with van der Waals surface area (Å²) in [5.74, 6) is 2.00. The number of aryl methyl sites for hydroxylation is 1. The molecule has 1 atom stereocenters. The minimum atomic E-state index is -3.75. The van der Waals surface area contributed by atoms with Gasteiger partial charge >= 0.3 is 0 Å². The second-order valence-corrected chi connectivity index (χ2v) is 17.9. The molecule has 292 valence electrons. The summed E-state index contributed by atoms with van der Waals surface area (Å²) in [7, 11) is -7.38. The van der Waals surface area contributed by atoms with Crippen LogP contribution in [0.2, 0.25) is 5.02 Å². The number of hydrogen-bond donors (Lipinski definition) is 3. The van der Waals surface area contributed by atoms with Crippen LogP contribution in [0.5, 0.6) is 5.75 Å². The van der Waals surface area contributed by atoms with Gasteiger partial charge in [0.25, 0.3) is 26.0 Å². The summed E-state index contributed by atoms with van der Waals surface area (Å²) in [5.41, 5.74) is 0.871. The van der Waals surface area contributed by atoms with Gasteiger partial charge in [-0.2, -0.15) is 0 Å². The molecular weight excluding hydrogens is 808 g/mol. The molecule has 2 fully saturated rings. The van der Waals surface area contributed by atoms with E-state index < -0.39 is 26.2 Å². The quantitative estimate of drug-likeness (QED) is 0.172. The molecule has 0 radical (unpaired) electrons. The van der Waals surface area contributed by atoms with E-state index in [1.165, 1.54) is 47.3 Å². The highest BCUT2D eigenvalue weighted by molar-refractivity contribution is 7.93. The maximum atomic E-state index is 12.9.